The molecule has 0 unspecified atom stereocenters. The van der Waals surface area contributed by atoms with Gasteiger partial charge in [0.25, 0.3) is 11.8 Å². The molecule has 1 fully saturated rings. The van der Waals surface area contributed by atoms with E-state index in [1.807, 2.05) is 18.2 Å². The van der Waals surface area contributed by atoms with Gasteiger partial charge < -0.3 is 0 Å². The summed E-state index contributed by atoms with van der Waals surface area (Å²) in [7, 11) is 0. The van der Waals surface area contributed by atoms with Crippen LogP contribution >= 0.6 is 24.0 Å². The highest BCUT2D eigenvalue weighted by Crippen LogP contribution is 2.32. The number of hydrogen-bond donors (Lipinski definition) is 1. The molecule has 1 N–H and O–H groups in total. The Bertz CT molecular complexity index is 913. The number of hydrazine groups is 1. The molecule has 0 saturated carbocycles. The summed E-state index contributed by atoms with van der Waals surface area (Å²) in [4.78, 5) is 25.4. The summed E-state index contributed by atoms with van der Waals surface area (Å²) in [5.74, 6) is -0.697. The van der Waals surface area contributed by atoms with Crippen molar-refractivity contribution in [3.63, 3.8) is 0 Å². The minimum absolute atomic E-state index is 0.0731. The van der Waals surface area contributed by atoms with E-state index in [1.54, 1.807) is 30.3 Å². The molecule has 0 aromatic heterocycles. The smallest absolute Gasteiger partial charge is 0.267 e. The average Bonchev–Trinajstić information content (AvgIpc) is 2.89. The normalized spacial score (nSPS) is 16.1. The Morgan fingerprint density at radius 3 is 2.30 bits per heavy atom. The van der Waals surface area contributed by atoms with Gasteiger partial charge in [-0.25, -0.2) is 0 Å². The molecule has 2 aromatic rings. The van der Waals surface area contributed by atoms with E-state index in [2.05, 4.69) is 38.3 Å². The Morgan fingerprint density at radius 2 is 1.70 bits per heavy atom. The van der Waals surface area contributed by atoms with Crippen LogP contribution in [0.1, 0.15) is 42.3 Å². The zero-order valence-corrected chi connectivity index (χ0v) is 17.0. The van der Waals surface area contributed by atoms with Crippen LogP contribution in [0.25, 0.3) is 6.08 Å². The van der Waals surface area contributed by atoms with Gasteiger partial charge in [-0.2, -0.15) is 5.01 Å². The number of benzene rings is 2. The van der Waals surface area contributed by atoms with Crippen LogP contribution in [0, 0.1) is 0 Å². The van der Waals surface area contributed by atoms with Crippen LogP contribution in [-0.2, 0) is 10.2 Å². The van der Waals surface area contributed by atoms with E-state index in [9.17, 15) is 9.59 Å². The molecule has 0 spiro atoms. The van der Waals surface area contributed by atoms with Crippen molar-refractivity contribution in [1.82, 2.24) is 10.4 Å². The number of amides is 2. The van der Waals surface area contributed by atoms with Gasteiger partial charge in [0.05, 0.1) is 4.91 Å². The third kappa shape index (κ3) is 4.46. The van der Waals surface area contributed by atoms with E-state index in [4.69, 9.17) is 12.2 Å². The van der Waals surface area contributed by atoms with Gasteiger partial charge in [-0.05, 0) is 47.0 Å². The number of thioether (sulfide) groups is 1. The molecule has 6 heteroatoms. The Hall–Kier alpha value is -2.44. The van der Waals surface area contributed by atoms with E-state index in [1.165, 1.54) is 17.3 Å². The molecular weight excluding hydrogens is 376 g/mol. The highest BCUT2D eigenvalue weighted by Gasteiger charge is 2.33. The fourth-order valence-corrected chi connectivity index (χ4v) is 3.73. The van der Waals surface area contributed by atoms with E-state index in [0.29, 0.717) is 14.8 Å². The lowest BCUT2D eigenvalue weighted by Crippen LogP contribution is -2.44. The van der Waals surface area contributed by atoms with Gasteiger partial charge in [-0.3, -0.25) is 15.0 Å². The van der Waals surface area contributed by atoms with Crippen molar-refractivity contribution >= 4 is 46.2 Å². The maximum Gasteiger partial charge on any atom is 0.285 e. The first-order valence-corrected chi connectivity index (χ1v) is 9.73. The summed E-state index contributed by atoms with van der Waals surface area (Å²) in [6.45, 7) is 6.47. The average molecular weight is 397 g/mol. The van der Waals surface area contributed by atoms with Crippen molar-refractivity contribution < 1.29 is 9.59 Å². The summed E-state index contributed by atoms with van der Waals surface area (Å²) >= 11 is 6.44. The van der Waals surface area contributed by atoms with E-state index in [0.717, 1.165) is 10.6 Å². The summed E-state index contributed by atoms with van der Waals surface area (Å²) in [6.07, 6.45) is 1.79. The quantitative estimate of drug-likeness (QED) is 0.612. The molecule has 1 heterocycles. The molecule has 27 heavy (non-hydrogen) atoms. The van der Waals surface area contributed by atoms with Gasteiger partial charge in [0.1, 0.15) is 0 Å². The van der Waals surface area contributed by atoms with Gasteiger partial charge in [0.15, 0.2) is 4.32 Å². The molecule has 0 aliphatic carbocycles. The summed E-state index contributed by atoms with van der Waals surface area (Å²) in [5, 5.41) is 1.13. The Morgan fingerprint density at radius 1 is 1.07 bits per heavy atom. The molecule has 0 atom stereocenters. The molecule has 2 amide bonds. The van der Waals surface area contributed by atoms with Crippen LogP contribution in [0.3, 0.4) is 0 Å². The second kappa shape index (κ2) is 7.66. The highest BCUT2D eigenvalue weighted by atomic mass is 32.2. The fourth-order valence-electron chi connectivity index (χ4n) is 2.55. The third-order valence-electron chi connectivity index (χ3n) is 4.12. The fraction of sp³-hybridized carbons (Fsp3) is 0.190. The van der Waals surface area contributed by atoms with E-state index >= 15 is 0 Å². The summed E-state index contributed by atoms with van der Waals surface area (Å²) < 4.78 is 0.307. The van der Waals surface area contributed by atoms with Gasteiger partial charge in [0.2, 0.25) is 0 Å². The lowest BCUT2D eigenvalue weighted by Gasteiger charge is -2.18. The van der Waals surface area contributed by atoms with Gasteiger partial charge in [-0.15, -0.1) is 0 Å². The molecule has 3 rings (SSSR count). The number of thiocarbonyl (C=S) groups is 1. The van der Waals surface area contributed by atoms with Gasteiger partial charge in [0, 0.05) is 5.56 Å². The topological polar surface area (TPSA) is 49.4 Å². The first kappa shape index (κ1) is 19.3. The van der Waals surface area contributed by atoms with Crippen LogP contribution in [-0.4, -0.2) is 21.1 Å². The highest BCUT2D eigenvalue weighted by molar-refractivity contribution is 8.26. The van der Waals surface area contributed by atoms with Crippen molar-refractivity contribution in [3.05, 3.63) is 76.2 Å². The molecule has 0 bridgehead atoms. The molecule has 4 nitrogen and oxygen atoms in total. The predicted molar refractivity (Wildman–Crippen MR) is 114 cm³/mol. The molecular formula is C21H20N2O2S2. The lowest BCUT2D eigenvalue weighted by atomic mass is 9.87. The van der Waals surface area contributed by atoms with E-state index < -0.39 is 0 Å². The van der Waals surface area contributed by atoms with Crippen molar-refractivity contribution in [2.45, 2.75) is 26.2 Å². The van der Waals surface area contributed by atoms with Crippen LogP contribution in [0.5, 0.6) is 0 Å². The van der Waals surface area contributed by atoms with Gasteiger partial charge in [-0.1, -0.05) is 75.0 Å². The molecule has 2 aromatic carbocycles. The number of rotatable bonds is 3. The Kier molecular flexibility index (Phi) is 5.48. The molecule has 0 radical (unpaired) electrons. The number of hydrogen-bond acceptors (Lipinski definition) is 4. The lowest BCUT2D eigenvalue weighted by molar-refractivity contribution is -0.123. The van der Waals surface area contributed by atoms with E-state index in [-0.39, 0.29) is 17.2 Å². The maximum atomic E-state index is 12.6. The van der Waals surface area contributed by atoms with Crippen LogP contribution in [0.2, 0.25) is 0 Å². The number of nitrogens with one attached hydrogen (secondary N) is 1. The summed E-state index contributed by atoms with van der Waals surface area (Å²) in [5.41, 5.74) is 5.26. The molecule has 1 aliphatic heterocycles. The zero-order chi connectivity index (χ0) is 19.6. The van der Waals surface area contributed by atoms with Gasteiger partial charge >= 0.3 is 0 Å². The van der Waals surface area contributed by atoms with Crippen molar-refractivity contribution in [2.75, 3.05) is 0 Å². The first-order valence-electron chi connectivity index (χ1n) is 8.50. The monoisotopic (exact) mass is 396 g/mol. The third-order valence-corrected chi connectivity index (χ3v) is 5.42. The number of nitrogens with zero attached hydrogens (tertiary/aromatic N) is 1. The predicted octanol–water partition coefficient (Wildman–Crippen LogP) is 4.53. The largest absolute Gasteiger partial charge is 0.285 e. The van der Waals surface area contributed by atoms with Crippen LogP contribution < -0.4 is 5.43 Å². The van der Waals surface area contributed by atoms with Crippen LogP contribution in [0.15, 0.2) is 59.5 Å². The second-order valence-electron chi connectivity index (χ2n) is 7.20. The van der Waals surface area contributed by atoms with Crippen LogP contribution in [0.4, 0.5) is 0 Å². The number of carbonyl (C=O) groups is 2. The number of carbonyl (C=O) groups excluding carboxylic acids is 2. The second-order valence-corrected chi connectivity index (χ2v) is 8.87. The SMILES string of the molecule is CC(C)(C)c1ccc(/C=C2\SC(=S)N(NC(=O)c3ccccc3)C2=O)cc1. The first-order chi connectivity index (χ1) is 12.8. The Balaban J connectivity index is 1.75. The minimum atomic E-state index is -0.373. The molecule has 1 saturated heterocycles. The molecule has 138 valence electrons. The maximum absolute atomic E-state index is 12.6. The standard InChI is InChI=1S/C21H20N2O2S2/c1-21(2,3)16-11-9-14(10-12-16)13-17-19(25)23(20(26)27-17)22-18(24)15-7-5-4-6-8-15/h4-13H,1-3H3,(H,22,24)/b17-13-. The van der Waals surface area contributed by atoms with Crippen molar-refractivity contribution in [1.29, 1.82) is 0 Å². The minimum Gasteiger partial charge on any atom is -0.267 e. The molecule has 1 aliphatic rings. The van der Waals surface area contributed by atoms with Crippen molar-refractivity contribution in [2.24, 2.45) is 0 Å². The Labute approximate surface area is 168 Å². The summed E-state index contributed by atoms with van der Waals surface area (Å²) in [6, 6.07) is 16.8. The zero-order valence-electron chi connectivity index (χ0n) is 15.4. The van der Waals surface area contributed by atoms with Crippen molar-refractivity contribution in [3.8, 4) is 0 Å².